The SMILES string of the molecule is Clc1ccccc1CCSC1CCCNCC1. The largest absolute Gasteiger partial charge is 0.317 e. The van der Waals surface area contributed by atoms with Gasteiger partial charge in [0.2, 0.25) is 0 Å². The summed E-state index contributed by atoms with van der Waals surface area (Å²) in [5.41, 5.74) is 1.29. The molecule has 0 saturated carbocycles. The van der Waals surface area contributed by atoms with Crippen molar-refractivity contribution in [1.29, 1.82) is 0 Å². The normalized spacial score (nSPS) is 21.1. The van der Waals surface area contributed by atoms with Crippen LogP contribution in [0.2, 0.25) is 5.02 Å². The summed E-state index contributed by atoms with van der Waals surface area (Å²) in [7, 11) is 0. The van der Waals surface area contributed by atoms with Crippen molar-refractivity contribution in [3.05, 3.63) is 34.9 Å². The van der Waals surface area contributed by atoms with Gasteiger partial charge in [-0.1, -0.05) is 29.8 Å². The van der Waals surface area contributed by atoms with Gasteiger partial charge in [0.1, 0.15) is 0 Å². The van der Waals surface area contributed by atoms with Gasteiger partial charge in [-0.2, -0.15) is 11.8 Å². The predicted molar refractivity (Wildman–Crippen MR) is 78.1 cm³/mol. The van der Waals surface area contributed by atoms with E-state index in [2.05, 4.69) is 29.2 Å². The first-order valence-electron chi connectivity index (χ1n) is 6.42. The first-order valence-corrected chi connectivity index (χ1v) is 7.84. The van der Waals surface area contributed by atoms with Gasteiger partial charge in [-0.3, -0.25) is 0 Å². The molecule has 94 valence electrons. The Morgan fingerprint density at radius 1 is 1.24 bits per heavy atom. The summed E-state index contributed by atoms with van der Waals surface area (Å²) < 4.78 is 0. The minimum atomic E-state index is 0.840. The van der Waals surface area contributed by atoms with Gasteiger partial charge in [-0.15, -0.1) is 0 Å². The predicted octanol–water partition coefficient (Wildman–Crippen LogP) is 3.76. The van der Waals surface area contributed by atoms with Crippen LogP contribution in [0.5, 0.6) is 0 Å². The lowest BCUT2D eigenvalue weighted by Crippen LogP contribution is -2.14. The van der Waals surface area contributed by atoms with Crippen LogP contribution in [0.3, 0.4) is 0 Å². The van der Waals surface area contributed by atoms with E-state index < -0.39 is 0 Å². The van der Waals surface area contributed by atoms with Crippen molar-refractivity contribution >= 4 is 23.4 Å². The second-order valence-corrected chi connectivity index (χ2v) is 6.33. The molecule has 1 nitrogen and oxygen atoms in total. The highest BCUT2D eigenvalue weighted by Crippen LogP contribution is 2.23. The van der Waals surface area contributed by atoms with Crippen LogP contribution in [0.4, 0.5) is 0 Å². The summed E-state index contributed by atoms with van der Waals surface area (Å²) in [6.07, 6.45) is 5.09. The van der Waals surface area contributed by atoms with Gasteiger partial charge in [-0.25, -0.2) is 0 Å². The fourth-order valence-electron chi connectivity index (χ4n) is 2.19. The number of benzene rings is 1. The van der Waals surface area contributed by atoms with Gasteiger partial charge < -0.3 is 5.32 Å². The fourth-order valence-corrected chi connectivity index (χ4v) is 3.71. The molecule has 1 aliphatic heterocycles. The van der Waals surface area contributed by atoms with Crippen LogP contribution < -0.4 is 5.32 Å². The zero-order chi connectivity index (χ0) is 11.9. The van der Waals surface area contributed by atoms with E-state index >= 15 is 0 Å². The van der Waals surface area contributed by atoms with Crippen LogP contribution in [0, 0.1) is 0 Å². The lowest BCUT2D eigenvalue weighted by molar-refractivity contribution is 0.703. The van der Waals surface area contributed by atoms with Crippen molar-refractivity contribution in [3.63, 3.8) is 0 Å². The molecule has 0 aromatic heterocycles. The van der Waals surface area contributed by atoms with E-state index in [1.807, 2.05) is 12.1 Å². The van der Waals surface area contributed by atoms with E-state index in [-0.39, 0.29) is 0 Å². The highest BCUT2D eigenvalue weighted by molar-refractivity contribution is 7.99. The molecule has 1 unspecified atom stereocenters. The number of halogens is 1. The van der Waals surface area contributed by atoms with Crippen LogP contribution in [0.25, 0.3) is 0 Å². The average Bonchev–Trinajstić information content (AvgIpc) is 2.60. The number of thioether (sulfide) groups is 1. The summed E-state index contributed by atoms with van der Waals surface area (Å²) >= 11 is 8.27. The van der Waals surface area contributed by atoms with Crippen molar-refractivity contribution in [2.75, 3.05) is 18.8 Å². The van der Waals surface area contributed by atoms with Gasteiger partial charge in [0.25, 0.3) is 0 Å². The first kappa shape index (κ1) is 13.3. The molecule has 1 aliphatic rings. The van der Waals surface area contributed by atoms with E-state index in [1.165, 1.54) is 43.7 Å². The van der Waals surface area contributed by atoms with Gasteiger partial charge in [-0.05, 0) is 56.2 Å². The zero-order valence-corrected chi connectivity index (χ0v) is 11.7. The molecule has 17 heavy (non-hydrogen) atoms. The molecule has 1 atom stereocenters. The zero-order valence-electron chi connectivity index (χ0n) is 10.1. The second-order valence-electron chi connectivity index (χ2n) is 4.52. The minimum Gasteiger partial charge on any atom is -0.317 e. The molecule has 3 heteroatoms. The van der Waals surface area contributed by atoms with Gasteiger partial charge in [0.05, 0.1) is 0 Å². The summed E-state index contributed by atoms with van der Waals surface area (Å²) in [6.45, 7) is 2.38. The van der Waals surface area contributed by atoms with E-state index in [1.54, 1.807) is 0 Å². The van der Waals surface area contributed by atoms with E-state index in [0.29, 0.717) is 0 Å². The number of hydrogen-bond acceptors (Lipinski definition) is 2. The molecule has 2 rings (SSSR count). The Morgan fingerprint density at radius 2 is 2.12 bits per heavy atom. The monoisotopic (exact) mass is 269 g/mol. The van der Waals surface area contributed by atoms with Gasteiger partial charge in [0, 0.05) is 10.3 Å². The molecule has 1 N–H and O–H groups in total. The van der Waals surface area contributed by atoms with Gasteiger partial charge >= 0.3 is 0 Å². The molecule has 0 amide bonds. The standard InChI is InChI=1S/C14H20ClNS/c15-14-6-2-1-4-12(14)8-11-17-13-5-3-9-16-10-7-13/h1-2,4,6,13,16H,3,5,7-11H2. The Labute approximate surface area is 113 Å². The Hall–Kier alpha value is -0.180. The number of nitrogens with one attached hydrogen (secondary N) is 1. The Balaban J connectivity index is 1.73. The molecule has 0 radical (unpaired) electrons. The summed E-state index contributed by atoms with van der Waals surface area (Å²) in [6, 6.07) is 8.19. The number of aryl methyl sites for hydroxylation is 1. The molecule has 1 fully saturated rings. The molecule has 1 saturated heterocycles. The smallest absolute Gasteiger partial charge is 0.0438 e. The Morgan fingerprint density at radius 3 is 3.00 bits per heavy atom. The Kier molecular flexibility index (Phi) is 5.69. The van der Waals surface area contributed by atoms with Crippen molar-refractivity contribution < 1.29 is 0 Å². The molecule has 0 aliphatic carbocycles. The maximum absolute atomic E-state index is 6.15. The van der Waals surface area contributed by atoms with Crippen molar-refractivity contribution in [1.82, 2.24) is 5.32 Å². The maximum Gasteiger partial charge on any atom is 0.0438 e. The van der Waals surface area contributed by atoms with Crippen LogP contribution >= 0.6 is 23.4 Å². The molecule has 0 bridgehead atoms. The van der Waals surface area contributed by atoms with Crippen LogP contribution in [0.15, 0.2) is 24.3 Å². The van der Waals surface area contributed by atoms with E-state index in [9.17, 15) is 0 Å². The molecule has 1 aromatic rings. The maximum atomic E-state index is 6.15. The van der Waals surface area contributed by atoms with E-state index in [4.69, 9.17) is 11.6 Å². The van der Waals surface area contributed by atoms with Crippen LogP contribution in [-0.2, 0) is 6.42 Å². The lowest BCUT2D eigenvalue weighted by Gasteiger charge is -2.13. The highest BCUT2D eigenvalue weighted by atomic mass is 35.5. The van der Waals surface area contributed by atoms with Crippen molar-refractivity contribution in [2.45, 2.75) is 30.9 Å². The summed E-state index contributed by atoms with van der Waals surface area (Å²) in [4.78, 5) is 0. The number of rotatable bonds is 4. The van der Waals surface area contributed by atoms with Crippen LogP contribution in [0.1, 0.15) is 24.8 Å². The third kappa shape index (κ3) is 4.53. The van der Waals surface area contributed by atoms with Crippen LogP contribution in [-0.4, -0.2) is 24.1 Å². The van der Waals surface area contributed by atoms with Crippen molar-refractivity contribution in [2.24, 2.45) is 0 Å². The highest BCUT2D eigenvalue weighted by Gasteiger charge is 2.12. The minimum absolute atomic E-state index is 0.840. The quantitative estimate of drug-likeness (QED) is 0.893. The summed E-state index contributed by atoms with van der Waals surface area (Å²) in [5, 5.41) is 5.21. The molecule has 0 spiro atoms. The van der Waals surface area contributed by atoms with Gasteiger partial charge in [0.15, 0.2) is 0 Å². The summed E-state index contributed by atoms with van der Waals surface area (Å²) in [5.74, 6) is 1.19. The third-order valence-electron chi connectivity index (χ3n) is 3.21. The van der Waals surface area contributed by atoms with E-state index in [0.717, 1.165) is 16.7 Å². The topological polar surface area (TPSA) is 12.0 Å². The molecular weight excluding hydrogens is 250 g/mol. The molecular formula is C14H20ClNS. The number of hydrogen-bond donors (Lipinski definition) is 1. The molecule has 1 heterocycles. The fraction of sp³-hybridized carbons (Fsp3) is 0.571. The van der Waals surface area contributed by atoms with Crippen molar-refractivity contribution in [3.8, 4) is 0 Å². The Bertz CT molecular complexity index is 335. The third-order valence-corrected chi connectivity index (χ3v) is 4.96. The lowest BCUT2D eigenvalue weighted by atomic mass is 10.2. The average molecular weight is 270 g/mol. The molecule has 1 aromatic carbocycles. The first-order chi connectivity index (χ1) is 8.36. The second kappa shape index (κ2) is 7.30.